The number of alkyl halides is 3. The molecule has 1 N–H and O–H groups in total. The van der Waals surface area contributed by atoms with Gasteiger partial charge in [0.2, 0.25) is 0 Å². The molecule has 2 aromatic rings. The lowest BCUT2D eigenvalue weighted by atomic mass is 10.1. The summed E-state index contributed by atoms with van der Waals surface area (Å²) >= 11 is 2.88. The van der Waals surface area contributed by atoms with Gasteiger partial charge in [-0.05, 0) is 34.1 Å². The molecule has 0 saturated carbocycles. The van der Waals surface area contributed by atoms with Crippen molar-refractivity contribution in [2.45, 2.75) is 6.18 Å². The Kier molecular flexibility index (Phi) is 3.44. The molecule has 1 aromatic carbocycles. The van der Waals surface area contributed by atoms with E-state index < -0.39 is 28.7 Å². The fourth-order valence-electron chi connectivity index (χ4n) is 1.47. The van der Waals surface area contributed by atoms with Gasteiger partial charge in [0, 0.05) is 11.8 Å². The van der Waals surface area contributed by atoms with E-state index in [0.717, 1.165) is 18.3 Å². The Hall–Kier alpha value is -1.70. The lowest BCUT2D eigenvalue weighted by Gasteiger charge is -2.12. The highest BCUT2D eigenvalue weighted by molar-refractivity contribution is 9.10. The molecule has 0 fully saturated rings. The van der Waals surface area contributed by atoms with Crippen LogP contribution >= 0.6 is 15.9 Å². The van der Waals surface area contributed by atoms with Crippen LogP contribution in [0.3, 0.4) is 0 Å². The first kappa shape index (κ1) is 13.7. The van der Waals surface area contributed by atoms with Crippen molar-refractivity contribution >= 4 is 15.9 Å². The van der Waals surface area contributed by atoms with Gasteiger partial charge in [0.15, 0.2) is 0 Å². The van der Waals surface area contributed by atoms with Crippen LogP contribution in [-0.4, -0.2) is 9.97 Å². The van der Waals surface area contributed by atoms with Crippen LogP contribution < -0.4 is 5.56 Å². The second-order valence-electron chi connectivity index (χ2n) is 3.60. The Labute approximate surface area is 112 Å². The van der Waals surface area contributed by atoms with Crippen molar-refractivity contribution in [2.75, 3.05) is 0 Å². The summed E-state index contributed by atoms with van der Waals surface area (Å²) in [4.78, 5) is 17.2. The number of benzene rings is 1. The number of halogens is 5. The molecule has 0 aliphatic carbocycles. The Morgan fingerprint density at radius 3 is 2.53 bits per heavy atom. The van der Waals surface area contributed by atoms with E-state index in [9.17, 15) is 22.4 Å². The summed E-state index contributed by atoms with van der Waals surface area (Å²) in [7, 11) is 0. The van der Waals surface area contributed by atoms with Gasteiger partial charge in [-0.3, -0.25) is 4.79 Å². The van der Waals surface area contributed by atoms with Crippen LogP contribution in [-0.2, 0) is 6.18 Å². The molecular formula is C11H5BrF4N2O. The van der Waals surface area contributed by atoms with Crippen LogP contribution in [0.4, 0.5) is 17.6 Å². The van der Waals surface area contributed by atoms with Crippen molar-refractivity contribution in [3.8, 4) is 11.4 Å². The zero-order valence-corrected chi connectivity index (χ0v) is 10.6. The second-order valence-corrected chi connectivity index (χ2v) is 4.45. The van der Waals surface area contributed by atoms with E-state index in [1.807, 2.05) is 0 Å². The van der Waals surface area contributed by atoms with E-state index in [0.29, 0.717) is 6.07 Å². The van der Waals surface area contributed by atoms with Crippen LogP contribution in [0.5, 0.6) is 0 Å². The highest BCUT2D eigenvalue weighted by Gasteiger charge is 2.34. The number of aromatic amines is 1. The van der Waals surface area contributed by atoms with Gasteiger partial charge in [-0.15, -0.1) is 0 Å². The van der Waals surface area contributed by atoms with Gasteiger partial charge in [-0.2, -0.15) is 13.2 Å². The first-order valence-corrected chi connectivity index (χ1v) is 5.70. The average Bonchev–Trinajstić information content (AvgIpc) is 2.32. The second kappa shape index (κ2) is 4.76. The van der Waals surface area contributed by atoms with E-state index in [1.165, 1.54) is 0 Å². The number of H-pyrrole nitrogens is 1. The summed E-state index contributed by atoms with van der Waals surface area (Å²) in [5, 5.41) is 0. The topological polar surface area (TPSA) is 45.8 Å². The standard InChI is InChI=1S/C11H5BrF4N2O/c12-8-4-17-9(18-10(8)19)6-2-1-5(13)3-7(6)11(14,15)16/h1-4H,(H,17,18,19). The van der Waals surface area contributed by atoms with Gasteiger partial charge in [0.05, 0.1) is 5.56 Å². The summed E-state index contributed by atoms with van der Waals surface area (Å²) in [6.45, 7) is 0. The van der Waals surface area contributed by atoms with Crippen molar-refractivity contribution in [1.29, 1.82) is 0 Å². The van der Waals surface area contributed by atoms with E-state index in [1.54, 1.807) is 0 Å². The van der Waals surface area contributed by atoms with E-state index in [-0.39, 0.29) is 10.3 Å². The molecule has 0 unspecified atom stereocenters. The van der Waals surface area contributed by atoms with Crippen LogP contribution in [0.1, 0.15) is 5.56 Å². The third kappa shape index (κ3) is 2.83. The lowest BCUT2D eigenvalue weighted by Crippen LogP contribution is -2.13. The fraction of sp³-hybridized carbons (Fsp3) is 0.0909. The van der Waals surface area contributed by atoms with Gasteiger partial charge >= 0.3 is 6.18 Å². The Bertz CT molecular complexity index is 681. The number of hydrogen-bond acceptors (Lipinski definition) is 2. The predicted molar refractivity (Wildman–Crippen MR) is 63.0 cm³/mol. The first-order chi connectivity index (χ1) is 8.79. The summed E-state index contributed by atoms with van der Waals surface area (Å²) in [5.74, 6) is -1.30. The number of hydrogen-bond donors (Lipinski definition) is 1. The first-order valence-electron chi connectivity index (χ1n) is 4.91. The molecule has 8 heteroatoms. The SMILES string of the molecule is O=c1[nH]c(-c2ccc(F)cc2C(F)(F)F)ncc1Br. The molecule has 3 nitrogen and oxygen atoms in total. The molecule has 100 valence electrons. The van der Waals surface area contributed by atoms with Crippen molar-refractivity contribution in [2.24, 2.45) is 0 Å². The molecule has 0 aliphatic rings. The zero-order valence-electron chi connectivity index (χ0n) is 9.05. The summed E-state index contributed by atoms with van der Waals surface area (Å²) in [6.07, 6.45) is -3.67. The Balaban J connectivity index is 2.68. The minimum absolute atomic E-state index is 0.0897. The molecule has 1 aromatic heterocycles. The molecule has 2 rings (SSSR count). The van der Waals surface area contributed by atoms with Crippen LogP contribution in [0.2, 0.25) is 0 Å². The molecule has 19 heavy (non-hydrogen) atoms. The largest absolute Gasteiger partial charge is 0.417 e. The van der Waals surface area contributed by atoms with Crippen LogP contribution in [0.15, 0.2) is 33.7 Å². The van der Waals surface area contributed by atoms with Crippen molar-refractivity contribution < 1.29 is 17.6 Å². The molecule has 0 radical (unpaired) electrons. The van der Waals surface area contributed by atoms with Gasteiger partial charge in [-0.1, -0.05) is 0 Å². The maximum atomic E-state index is 12.9. The lowest BCUT2D eigenvalue weighted by molar-refractivity contribution is -0.137. The Morgan fingerprint density at radius 2 is 1.95 bits per heavy atom. The van der Waals surface area contributed by atoms with E-state index in [2.05, 4.69) is 25.9 Å². The number of nitrogens with one attached hydrogen (secondary N) is 1. The van der Waals surface area contributed by atoms with Gasteiger partial charge in [0.1, 0.15) is 16.1 Å². The maximum Gasteiger partial charge on any atom is 0.417 e. The van der Waals surface area contributed by atoms with Crippen LogP contribution in [0, 0.1) is 5.82 Å². The molecule has 0 amide bonds. The zero-order chi connectivity index (χ0) is 14.2. The summed E-state index contributed by atoms with van der Waals surface area (Å²) in [5.41, 5.74) is -2.21. The molecule has 0 aliphatic heterocycles. The predicted octanol–water partition coefficient (Wildman–Crippen LogP) is 3.36. The maximum absolute atomic E-state index is 12.9. The van der Waals surface area contributed by atoms with Crippen molar-refractivity contribution in [3.63, 3.8) is 0 Å². The number of aromatic nitrogens is 2. The molecule has 0 bridgehead atoms. The minimum Gasteiger partial charge on any atom is -0.306 e. The number of rotatable bonds is 1. The van der Waals surface area contributed by atoms with Gasteiger partial charge in [-0.25, -0.2) is 9.37 Å². The fourth-order valence-corrected chi connectivity index (χ4v) is 1.68. The van der Waals surface area contributed by atoms with E-state index in [4.69, 9.17) is 0 Å². The monoisotopic (exact) mass is 336 g/mol. The summed E-state index contributed by atoms with van der Waals surface area (Å²) in [6, 6.07) is 2.15. The molecular weight excluding hydrogens is 332 g/mol. The van der Waals surface area contributed by atoms with Crippen molar-refractivity contribution in [1.82, 2.24) is 9.97 Å². The summed E-state index contributed by atoms with van der Waals surface area (Å²) < 4.78 is 51.4. The minimum atomic E-state index is -4.75. The molecule has 0 spiro atoms. The third-order valence-electron chi connectivity index (χ3n) is 2.30. The van der Waals surface area contributed by atoms with E-state index >= 15 is 0 Å². The third-order valence-corrected chi connectivity index (χ3v) is 2.86. The Morgan fingerprint density at radius 1 is 1.26 bits per heavy atom. The molecule has 0 atom stereocenters. The highest BCUT2D eigenvalue weighted by atomic mass is 79.9. The normalized spacial score (nSPS) is 11.6. The highest BCUT2D eigenvalue weighted by Crippen LogP contribution is 2.36. The van der Waals surface area contributed by atoms with Crippen LogP contribution in [0.25, 0.3) is 11.4 Å². The molecule has 1 heterocycles. The van der Waals surface area contributed by atoms with Gasteiger partial charge < -0.3 is 4.98 Å². The quantitative estimate of drug-likeness (QED) is 0.811. The van der Waals surface area contributed by atoms with Gasteiger partial charge in [0.25, 0.3) is 5.56 Å². The average molecular weight is 337 g/mol. The molecule has 0 saturated heterocycles. The smallest absolute Gasteiger partial charge is 0.306 e. The van der Waals surface area contributed by atoms with Crippen molar-refractivity contribution in [3.05, 3.63) is 50.6 Å². The number of nitrogens with zero attached hydrogens (tertiary/aromatic N) is 1.